The number of halogens is 1. The van der Waals surface area contributed by atoms with Gasteiger partial charge in [-0.3, -0.25) is 4.79 Å². The lowest BCUT2D eigenvalue weighted by Gasteiger charge is -2.05. The fraction of sp³-hybridized carbons (Fsp3) is 0.462. The van der Waals surface area contributed by atoms with Crippen molar-refractivity contribution in [2.75, 3.05) is 0 Å². The summed E-state index contributed by atoms with van der Waals surface area (Å²) in [4.78, 5) is 11.9. The molecule has 0 unspecified atom stereocenters. The average molecular weight is 269 g/mol. The van der Waals surface area contributed by atoms with Gasteiger partial charge in [-0.15, -0.1) is 0 Å². The first-order valence-electron chi connectivity index (χ1n) is 5.50. The van der Waals surface area contributed by atoms with Crippen molar-refractivity contribution in [3.05, 3.63) is 33.8 Å². The molecule has 15 heavy (non-hydrogen) atoms. The first-order valence-corrected chi connectivity index (χ1v) is 6.30. The summed E-state index contributed by atoms with van der Waals surface area (Å²) >= 11 is 3.43. The summed E-state index contributed by atoms with van der Waals surface area (Å²) in [6, 6.07) is 6.03. The van der Waals surface area contributed by atoms with E-state index in [4.69, 9.17) is 0 Å². The normalized spacial score (nSPS) is 10.3. The standard InChI is InChI=1S/C13H17BrO/c1-3-5-6-13(15)11-9-10(4-2)7-8-12(11)14/h7-9H,3-6H2,1-2H3. The van der Waals surface area contributed by atoms with Crippen LogP contribution in [0.4, 0.5) is 0 Å². The molecule has 0 saturated heterocycles. The van der Waals surface area contributed by atoms with Crippen molar-refractivity contribution in [3.63, 3.8) is 0 Å². The minimum Gasteiger partial charge on any atom is -0.294 e. The van der Waals surface area contributed by atoms with E-state index in [1.165, 1.54) is 5.56 Å². The van der Waals surface area contributed by atoms with Gasteiger partial charge in [0.2, 0.25) is 0 Å². The van der Waals surface area contributed by atoms with Crippen LogP contribution in [0.1, 0.15) is 49.0 Å². The monoisotopic (exact) mass is 268 g/mol. The first kappa shape index (κ1) is 12.4. The Balaban J connectivity index is 2.86. The Bertz CT molecular complexity index is 344. The van der Waals surface area contributed by atoms with Crippen LogP contribution in [0.2, 0.25) is 0 Å². The van der Waals surface area contributed by atoms with Crippen LogP contribution < -0.4 is 0 Å². The Morgan fingerprint density at radius 3 is 2.67 bits per heavy atom. The molecule has 0 atom stereocenters. The molecular formula is C13H17BrO. The van der Waals surface area contributed by atoms with E-state index in [0.29, 0.717) is 6.42 Å². The summed E-state index contributed by atoms with van der Waals surface area (Å²) in [6.07, 6.45) is 3.67. The molecule has 2 heteroatoms. The van der Waals surface area contributed by atoms with Crippen LogP contribution in [0.5, 0.6) is 0 Å². The summed E-state index contributed by atoms with van der Waals surface area (Å²) in [6.45, 7) is 4.20. The van der Waals surface area contributed by atoms with Crippen molar-refractivity contribution < 1.29 is 4.79 Å². The van der Waals surface area contributed by atoms with Crippen LogP contribution in [-0.4, -0.2) is 5.78 Å². The lowest BCUT2D eigenvalue weighted by Crippen LogP contribution is -2.01. The minimum absolute atomic E-state index is 0.249. The van der Waals surface area contributed by atoms with Crippen molar-refractivity contribution >= 4 is 21.7 Å². The van der Waals surface area contributed by atoms with Gasteiger partial charge in [0.05, 0.1) is 0 Å². The van der Waals surface area contributed by atoms with Gasteiger partial charge in [0.1, 0.15) is 0 Å². The molecule has 1 aromatic carbocycles. The smallest absolute Gasteiger partial charge is 0.164 e. The number of ketones is 1. The Labute approximate surface area is 100 Å². The molecule has 82 valence electrons. The van der Waals surface area contributed by atoms with E-state index in [1.54, 1.807) is 0 Å². The van der Waals surface area contributed by atoms with Gasteiger partial charge in [-0.1, -0.05) is 42.3 Å². The van der Waals surface area contributed by atoms with Gasteiger partial charge in [-0.2, -0.15) is 0 Å². The van der Waals surface area contributed by atoms with Crippen molar-refractivity contribution in [2.24, 2.45) is 0 Å². The highest BCUT2D eigenvalue weighted by molar-refractivity contribution is 9.10. The second kappa shape index (κ2) is 6.06. The number of carbonyl (C=O) groups excluding carboxylic acids is 1. The molecule has 1 aromatic rings. The van der Waals surface area contributed by atoms with E-state index in [1.807, 2.05) is 12.1 Å². The fourth-order valence-corrected chi connectivity index (χ4v) is 1.95. The SMILES string of the molecule is CCCCC(=O)c1cc(CC)ccc1Br. The lowest BCUT2D eigenvalue weighted by molar-refractivity contribution is 0.0979. The highest BCUT2D eigenvalue weighted by Gasteiger charge is 2.09. The van der Waals surface area contributed by atoms with Gasteiger partial charge in [0.15, 0.2) is 5.78 Å². The third-order valence-electron chi connectivity index (χ3n) is 2.50. The summed E-state index contributed by atoms with van der Waals surface area (Å²) in [7, 11) is 0. The average Bonchev–Trinajstić information content (AvgIpc) is 2.26. The van der Waals surface area contributed by atoms with E-state index >= 15 is 0 Å². The van der Waals surface area contributed by atoms with Crippen LogP contribution in [0.3, 0.4) is 0 Å². The molecule has 0 heterocycles. The Kier molecular flexibility index (Phi) is 5.03. The maximum atomic E-state index is 11.9. The molecule has 0 spiro atoms. The molecule has 0 bridgehead atoms. The van der Waals surface area contributed by atoms with Gasteiger partial charge in [0.25, 0.3) is 0 Å². The zero-order valence-corrected chi connectivity index (χ0v) is 10.9. The number of benzene rings is 1. The van der Waals surface area contributed by atoms with E-state index in [0.717, 1.165) is 29.3 Å². The first-order chi connectivity index (χ1) is 7.19. The van der Waals surface area contributed by atoms with Crippen LogP contribution >= 0.6 is 15.9 Å². The second-order valence-electron chi connectivity index (χ2n) is 3.69. The Hall–Kier alpha value is -0.630. The lowest BCUT2D eigenvalue weighted by atomic mass is 10.0. The predicted octanol–water partition coefficient (Wildman–Crippen LogP) is 4.38. The molecule has 0 fully saturated rings. The maximum absolute atomic E-state index is 11.9. The molecular weight excluding hydrogens is 252 g/mol. The van der Waals surface area contributed by atoms with E-state index in [-0.39, 0.29) is 5.78 Å². The number of aryl methyl sites for hydroxylation is 1. The van der Waals surface area contributed by atoms with Gasteiger partial charge in [0, 0.05) is 16.5 Å². The van der Waals surface area contributed by atoms with E-state index in [9.17, 15) is 4.79 Å². The van der Waals surface area contributed by atoms with Crippen molar-refractivity contribution in [3.8, 4) is 0 Å². The molecule has 0 saturated carbocycles. The zero-order valence-electron chi connectivity index (χ0n) is 9.35. The molecule has 0 aliphatic rings. The highest BCUT2D eigenvalue weighted by Crippen LogP contribution is 2.21. The fourth-order valence-electron chi connectivity index (χ4n) is 1.48. The topological polar surface area (TPSA) is 17.1 Å². The molecule has 0 aliphatic carbocycles. The molecule has 0 N–H and O–H groups in total. The number of hydrogen-bond acceptors (Lipinski definition) is 1. The minimum atomic E-state index is 0.249. The molecule has 0 amide bonds. The molecule has 1 nitrogen and oxygen atoms in total. The van der Waals surface area contributed by atoms with Crippen molar-refractivity contribution in [1.29, 1.82) is 0 Å². The van der Waals surface area contributed by atoms with Crippen LogP contribution in [0.25, 0.3) is 0 Å². The Morgan fingerprint density at radius 2 is 2.07 bits per heavy atom. The number of hydrogen-bond donors (Lipinski definition) is 0. The quantitative estimate of drug-likeness (QED) is 0.725. The van der Waals surface area contributed by atoms with Crippen LogP contribution in [0, 0.1) is 0 Å². The largest absolute Gasteiger partial charge is 0.294 e. The van der Waals surface area contributed by atoms with Gasteiger partial charge in [-0.05, 0) is 30.5 Å². The van der Waals surface area contributed by atoms with Gasteiger partial charge >= 0.3 is 0 Å². The highest BCUT2D eigenvalue weighted by atomic mass is 79.9. The molecule has 1 rings (SSSR count). The number of carbonyl (C=O) groups is 1. The number of rotatable bonds is 5. The second-order valence-corrected chi connectivity index (χ2v) is 4.55. The third-order valence-corrected chi connectivity index (χ3v) is 3.19. The summed E-state index contributed by atoms with van der Waals surface area (Å²) in [5.41, 5.74) is 2.06. The number of Topliss-reactive ketones (excluding diaryl/α,β-unsaturated/α-hetero) is 1. The Morgan fingerprint density at radius 1 is 1.33 bits per heavy atom. The third kappa shape index (κ3) is 3.45. The summed E-state index contributed by atoms with van der Waals surface area (Å²) < 4.78 is 0.917. The molecule has 0 aromatic heterocycles. The molecule has 0 aliphatic heterocycles. The zero-order chi connectivity index (χ0) is 11.3. The van der Waals surface area contributed by atoms with E-state index < -0.39 is 0 Å². The van der Waals surface area contributed by atoms with Crippen LogP contribution in [-0.2, 0) is 6.42 Å². The van der Waals surface area contributed by atoms with Crippen molar-refractivity contribution in [2.45, 2.75) is 39.5 Å². The van der Waals surface area contributed by atoms with Crippen molar-refractivity contribution in [1.82, 2.24) is 0 Å². The van der Waals surface area contributed by atoms with Gasteiger partial charge in [-0.25, -0.2) is 0 Å². The van der Waals surface area contributed by atoms with E-state index in [2.05, 4.69) is 35.8 Å². The maximum Gasteiger partial charge on any atom is 0.164 e. The predicted molar refractivity (Wildman–Crippen MR) is 67.4 cm³/mol. The number of unbranched alkanes of at least 4 members (excludes halogenated alkanes) is 1. The summed E-state index contributed by atoms with van der Waals surface area (Å²) in [5, 5.41) is 0. The van der Waals surface area contributed by atoms with Crippen LogP contribution in [0.15, 0.2) is 22.7 Å². The van der Waals surface area contributed by atoms with Gasteiger partial charge < -0.3 is 0 Å². The summed E-state index contributed by atoms with van der Waals surface area (Å²) in [5.74, 6) is 0.249. The molecule has 0 radical (unpaired) electrons.